The maximum absolute atomic E-state index is 12.6. The minimum Gasteiger partial charge on any atom is -0.493 e. The number of carbonyl (C=O) groups is 2. The van der Waals surface area contributed by atoms with Crippen LogP contribution in [0.15, 0.2) is 18.2 Å². The summed E-state index contributed by atoms with van der Waals surface area (Å²) in [6.45, 7) is 3.47. The molecule has 3 aliphatic heterocycles. The van der Waals surface area contributed by atoms with Crippen LogP contribution in [0.1, 0.15) is 31.2 Å². The first-order chi connectivity index (χ1) is 14.1. The van der Waals surface area contributed by atoms with Crippen LogP contribution in [0, 0.1) is 11.8 Å². The SMILES string of the molecule is COc1cccc(CNC(=O)CN2CC3CC(C2)[C@H]2CCCC(=O)N2C3)c1OC. The summed E-state index contributed by atoms with van der Waals surface area (Å²) in [5, 5.41) is 3.02. The third kappa shape index (κ3) is 4.20. The van der Waals surface area contributed by atoms with Crippen molar-refractivity contribution in [2.24, 2.45) is 11.8 Å². The summed E-state index contributed by atoms with van der Waals surface area (Å²) < 4.78 is 10.8. The molecule has 3 atom stereocenters. The number of hydrogen-bond donors (Lipinski definition) is 1. The van der Waals surface area contributed by atoms with E-state index in [1.807, 2.05) is 18.2 Å². The highest BCUT2D eigenvalue weighted by atomic mass is 16.5. The molecule has 7 nitrogen and oxygen atoms in total. The lowest BCUT2D eigenvalue weighted by Gasteiger charge is -2.52. The summed E-state index contributed by atoms with van der Waals surface area (Å²) in [5.74, 6) is 2.65. The van der Waals surface area contributed by atoms with E-state index in [0.29, 0.717) is 54.8 Å². The Kier molecular flexibility index (Phi) is 5.94. The van der Waals surface area contributed by atoms with Gasteiger partial charge in [0.1, 0.15) is 0 Å². The molecule has 29 heavy (non-hydrogen) atoms. The van der Waals surface area contributed by atoms with E-state index < -0.39 is 0 Å². The van der Waals surface area contributed by atoms with Crippen LogP contribution in [0.25, 0.3) is 0 Å². The molecule has 0 radical (unpaired) electrons. The summed E-state index contributed by atoms with van der Waals surface area (Å²) in [4.78, 5) is 29.3. The molecule has 2 amide bonds. The summed E-state index contributed by atoms with van der Waals surface area (Å²) in [7, 11) is 3.21. The number of nitrogens with zero attached hydrogens (tertiary/aromatic N) is 2. The number of piperidine rings is 3. The van der Waals surface area contributed by atoms with Gasteiger partial charge in [0.05, 0.1) is 20.8 Å². The molecular weight excluding hydrogens is 370 g/mol. The molecule has 3 fully saturated rings. The molecular formula is C22H31N3O4. The maximum Gasteiger partial charge on any atom is 0.234 e. The van der Waals surface area contributed by atoms with Crippen molar-refractivity contribution in [3.8, 4) is 11.5 Å². The molecule has 158 valence electrons. The van der Waals surface area contributed by atoms with Gasteiger partial charge in [0, 0.05) is 44.2 Å². The summed E-state index contributed by atoms with van der Waals surface area (Å²) >= 11 is 0. The first kappa shape index (κ1) is 20.0. The molecule has 0 aliphatic carbocycles. The predicted molar refractivity (Wildman–Crippen MR) is 109 cm³/mol. The van der Waals surface area contributed by atoms with Crippen LogP contribution in [0.3, 0.4) is 0 Å². The normalized spacial score (nSPS) is 26.6. The number of carbonyl (C=O) groups excluding carboxylic acids is 2. The van der Waals surface area contributed by atoms with Crippen molar-refractivity contribution in [2.45, 2.75) is 38.3 Å². The largest absolute Gasteiger partial charge is 0.493 e. The molecule has 0 aromatic heterocycles. The van der Waals surface area contributed by atoms with Crippen molar-refractivity contribution in [3.63, 3.8) is 0 Å². The van der Waals surface area contributed by atoms with Gasteiger partial charge in [0.15, 0.2) is 11.5 Å². The van der Waals surface area contributed by atoms with Gasteiger partial charge >= 0.3 is 0 Å². The Labute approximate surface area is 172 Å². The van der Waals surface area contributed by atoms with E-state index in [1.54, 1.807) is 14.2 Å². The fourth-order valence-corrected chi connectivity index (χ4v) is 5.39. The van der Waals surface area contributed by atoms with Gasteiger partial charge in [-0.15, -0.1) is 0 Å². The number of fused-ring (bicyclic) bond motifs is 4. The van der Waals surface area contributed by atoms with E-state index in [0.717, 1.165) is 38.0 Å². The van der Waals surface area contributed by atoms with Crippen LogP contribution >= 0.6 is 0 Å². The van der Waals surface area contributed by atoms with Crippen LogP contribution in [0.5, 0.6) is 11.5 Å². The quantitative estimate of drug-likeness (QED) is 0.785. The van der Waals surface area contributed by atoms with Crippen molar-refractivity contribution < 1.29 is 19.1 Å². The molecule has 4 rings (SSSR count). The molecule has 3 heterocycles. The number of hydrogen-bond acceptors (Lipinski definition) is 5. The van der Waals surface area contributed by atoms with E-state index in [9.17, 15) is 9.59 Å². The van der Waals surface area contributed by atoms with E-state index in [2.05, 4.69) is 15.1 Å². The van der Waals surface area contributed by atoms with E-state index in [1.165, 1.54) is 6.42 Å². The highest BCUT2D eigenvalue weighted by Crippen LogP contribution is 2.37. The van der Waals surface area contributed by atoms with E-state index >= 15 is 0 Å². The lowest BCUT2D eigenvalue weighted by atomic mass is 9.76. The Morgan fingerprint density at radius 1 is 1.21 bits per heavy atom. The van der Waals surface area contributed by atoms with Crippen molar-refractivity contribution in [3.05, 3.63) is 23.8 Å². The Hall–Kier alpha value is -2.28. The van der Waals surface area contributed by atoms with Crippen molar-refractivity contribution in [1.29, 1.82) is 0 Å². The Balaban J connectivity index is 1.33. The zero-order valence-corrected chi connectivity index (χ0v) is 17.4. The third-order valence-corrected chi connectivity index (χ3v) is 6.58. The lowest BCUT2D eigenvalue weighted by Crippen LogP contribution is -2.61. The summed E-state index contributed by atoms with van der Waals surface area (Å²) in [6, 6.07) is 6.04. The van der Waals surface area contributed by atoms with Crippen molar-refractivity contribution >= 4 is 11.8 Å². The Morgan fingerprint density at radius 3 is 2.86 bits per heavy atom. The van der Waals surface area contributed by atoms with Gasteiger partial charge in [-0.25, -0.2) is 0 Å². The zero-order valence-electron chi connectivity index (χ0n) is 17.4. The third-order valence-electron chi connectivity index (χ3n) is 6.58. The molecule has 7 heteroatoms. The number of para-hydroxylation sites is 1. The standard InChI is InChI=1S/C22H31N3O4/c1-28-19-7-3-5-16(22(19)29-2)10-23-20(26)14-24-11-15-9-17(13-24)18-6-4-8-21(27)25(18)12-15/h3,5,7,15,17-18H,4,6,8-14H2,1-2H3,(H,23,26)/t15?,17?,18-/m1/s1. The number of benzene rings is 1. The predicted octanol–water partition coefficient (Wildman–Crippen LogP) is 1.65. The number of nitrogens with one attached hydrogen (secondary N) is 1. The number of rotatable bonds is 6. The fourth-order valence-electron chi connectivity index (χ4n) is 5.39. The first-order valence-corrected chi connectivity index (χ1v) is 10.6. The zero-order chi connectivity index (χ0) is 20.4. The fraction of sp³-hybridized carbons (Fsp3) is 0.636. The average Bonchev–Trinajstić information content (AvgIpc) is 2.72. The van der Waals surface area contributed by atoms with Gasteiger partial charge in [-0.3, -0.25) is 14.5 Å². The molecule has 1 aromatic rings. The van der Waals surface area contributed by atoms with Gasteiger partial charge in [-0.2, -0.15) is 0 Å². The van der Waals surface area contributed by atoms with Crippen LogP contribution in [0.4, 0.5) is 0 Å². The molecule has 1 aromatic carbocycles. The van der Waals surface area contributed by atoms with Crippen LogP contribution in [0.2, 0.25) is 0 Å². The number of ether oxygens (including phenoxy) is 2. The highest BCUT2D eigenvalue weighted by Gasteiger charge is 2.44. The minimum absolute atomic E-state index is 0.0198. The topological polar surface area (TPSA) is 71.1 Å². The maximum atomic E-state index is 12.6. The number of amides is 2. The molecule has 2 unspecified atom stereocenters. The Morgan fingerprint density at radius 2 is 2.07 bits per heavy atom. The molecule has 3 aliphatic rings. The number of methoxy groups -OCH3 is 2. The van der Waals surface area contributed by atoms with Crippen LogP contribution < -0.4 is 14.8 Å². The second kappa shape index (κ2) is 8.61. The highest BCUT2D eigenvalue weighted by molar-refractivity contribution is 5.78. The van der Waals surface area contributed by atoms with Crippen molar-refractivity contribution in [1.82, 2.24) is 15.1 Å². The molecule has 3 saturated heterocycles. The Bertz CT molecular complexity index is 768. The van der Waals surface area contributed by atoms with Gasteiger partial charge in [-0.05, 0) is 37.2 Å². The van der Waals surface area contributed by atoms with E-state index in [4.69, 9.17) is 9.47 Å². The monoisotopic (exact) mass is 401 g/mol. The minimum atomic E-state index is 0.0198. The van der Waals surface area contributed by atoms with Gasteiger partial charge in [-0.1, -0.05) is 12.1 Å². The average molecular weight is 402 g/mol. The molecule has 0 saturated carbocycles. The van der Waals surface area contributed by atoms with Crippen LogP contribution in [-0.4, -0.2) is 68.1 Å². The number of likely N-dealkylation sites (tertiary alicyclic amines) is 1. The smallest absolute Gasteiger partial charge is 0.234 e. The second-order valence-corrected chi connectivity index (χ2v) is 8.49. The summed E-state index contributed by atoms with van der Waals surface area (Å²) in [5.41, 5.74) is 0.895. The van der Waals surface area contributed by atoms with Gasteiger partial charge in [0.2, 0.25) is 11.8 Å². The molecule has 1 N–H and O–H groups in total. The lowest BCUT2D eigenvalue weighted by molar-refractivity contribution is -0.145. The summed E-state index contributed by atoms with van der Waals surface area (Å²) in [6.07, 6.45) is 4.01. The molecule has 2 bridgehead atoms. The van der Waals surface area contributed by atoms with Crippen molar-refractivity contribution in [2.75, 3.05) is 40.4 Å². The van der Waals surface area contributed by atoms with Gasteiger partial charge < -0.3 is 19.7 Å². The van der Waals surface area contributed by atoms with E-state index in [-0.39, 0.29) is 5.91 Å². The van der Waals surface area contributed by atoms with Gasteiger partial charge in [0.25, 0.3) is 0 Å². The first-order valence-electron chi connectivity index (χ1n) is 10.6. The molecule has 0 spiro atoms. The van der Waals surface area contributed by atoms with Crippen LogP contribution in [-0.2, 0) is 16.1 Å². The second-order valence-electron chi connectivity index (χ2n) is 8.49.